The molecule has 0 aromatic heterocycles. The van der Waals surface area contributed by atoms with Gasteiger partial charge in [0.25, 0.3) is 0 Å². The zero-order valence-corrected chi connectivity index (χ0v) is 17.5. The van der Waals surface area contributed by atoms with E-state index in [1.807, 2.05) is 7.05 Å². The fourth-order valence-corrected chi connectivity index (χ4v) is 3.73. The topological polar surface area (TPSA) is 20.6 Å². The maximum absolute atomic E-state index is 4.80. The zero-order valence-electron chi connectivity index (χ0n) is 14.8. The van der Waals surface area contributed by atoms with E-state index in [2.05, 4.69) is 22.0 Å². The van der Waals surface area contributed by atoms with Crippen molar-refractivity contribution in [1.29, 1.82) is 0 Å². The Balaban J connectivity index is 0.000000816. The van der Waals surface area contributed by atoms with Crippen LogP contribution in [0.15, 0.2) is 0 Å². The van der Waals surface area contributed by atoms with Crippen molar-refractivity contribution < 1.29 is 17.6 Å². The van der Waals surface area contributed by atoms with Crippen LogP contribution in [0, 0.1) is 0 Å². The molecule has 0 aliphatic carbocycles. The third kappa shape index (κ3) is 8.73. The van der Waals surface area contributed by atoms with Crippen molar-refractivity contribution in [3.8, 4) is 0 Å². The molecular weight excluding hydrogens is 374 g/mol. The summed E-state index contributed by atoms with van der Waals surface area (Å²) in [6.07, 6.45) is 5.30. The minimum atomic E-state index is 0.00694. The SMILES string of the molecule is CCCCN1CCCN2CC[N+](CCC[N-]C)(CC1)C2.[Cl][Mn][Cl]. The van der Waals surface area contributed by atoms with Crippen LogP contribution in [0.2, 0.25) is 0 Å². The summed E-state index contributed by atoms with van der Waals surface area (Å²) in [5, 5.41) is 4.28. The molecule has 0 spiro atoms. The summed E-state index contributed by atoms with van der Waals surface area (Å²) in [6.45, 7) is 15.2. The van der Waals surface area contributed by atoms with Crippen molar-refractivity contribution in [2.45, 2.75) is 32.6 Å². The molecule has 23 heavy (non-hydrogen) atoms. The van der Waals surface area contributed by atoms with Crippen LogP contribution >= 0.6 is 20.2 Å². The molecule has 2 fully saturated rings. The first-order valence-corrected chi connectivity index (χ1v) is 12.2. The fraction of sp³-hybridized carbons (Fsp3) is 1.00. The van der Waals surface area contributed by atoms with Gasteiger partial charge in [-0.15, -0.1) is 6.54 Å². The maximum atomic E-state index is 4.80. The summed E-state index contributed by atoms with van der Waals surface area (Å²) in [4.78, 5) is 5.42. The molecule has 0 radical (unpaired) electrons. The average molecular weight is 408 g/mol. The van der Waals surface area contributed by atoms with E-state index in [0.717, 1.165) is 6.54 Å². The Morgan fingerprint density at radius 1 is 1.09 bits per heavy atom. The van der Waals surface area contributed by atoms with Crippen LogP contribution in [-0.2, 0) is 13.1 Å². The molecule has 2 atom stereocenters. The van der Waals surface area contributed by atoms with Gasteiger partial charge in [-0.05, 0) is 32.4 Å². The summed E-state index contributed by atoms with van der Waals surface area (Å²) in [7, 11) is 11.5. The number of rotatable bonds is 7. The number of unbranched alkanes of at least 4 members (excludes halogenated alkanes) is 1. The fourth-order valence-electron chi connectivity index (χ4n) is 3.73. The molecule has 2 heterocycles. The number of fused-ring (bicyclic) bond motifs is 2. The van der Waals surface area contributed by atoms with Gasteiger partial charge in [0.2, 0.25) is 0 Å². The van der Waals surface area contributed by atoms with Crippen LogP contribution in [0.1, 0.15) is 32.6 Å². The first-order valence-electron chi connectivity index (χ1n) is 8.92. The van der Waals surface area contributed by atoms with Crippen LogP contribution in [0.5, 0.6) is 0 Å². The van der Waals surface area contributed by atoms with Crippen molar-refractivity contribution >= 4 is 20.2 Å². The molecule has 2 rings (SSSR count). The van der Waals surface area contributed by atoms with Crippen molar-refractivity contribution in [2.75, 3.05) is 72.6 Å². The second-order valence-corrected chi connectivity index (χ2v) is 8.72. The molecular formula is C16H34Cl2MnN4. The monoisotopic (exact) mass is 407 g/mol. The molecule has 7 heteroatoms. The van der Waals surface area contributed by atoms with E-state index < -0.39 is 0 Å². The Labute approximate surface area is 158 Å². The Hall–Kier alpha value is 0.939. The standard InChI is InChI=1S/C16H34N4.2ClH.Mn/c1-3-4-8-18-9-6-10-19-12-15-20(16-19,14-11-18)13-5-7-17-2;;;/h3-16H2,1-2H3;2*1H;/q;;;+2/p-2. The minimum absolute atomic E-state index is 0.00694. The van der Waals surface area contributed by atoms with Crippen molar-refractivity contribution in [3.05, 3.63) is 5.32 Å². The van der Waals surface area contributed by atoms with E-state index in [9.17, 15) is 0 Å². The predicted octanol–water partition coefficient (Wildman–Crippen LogP) is 3.35. The summed E-state index contributed by atoms with van der Waals surface area (Å²) < 4.78 is 1.33. The number of quaternary nitrogens is 1. The van der Waals surface area contributed by atoms with E-state index in [-0.39, 0.29) is 13.1 Å². The van der Waals surface area contributed by atoms with Gasteiger partial charge in [0, 0.05) is 13.1 Å². The molecule has 2 aliphatic rings. The third-order valence-corrected chi connectivity index (χ3v) is 5.07. The van der Waals surface area contributed by atoms with E-state index in [1.165, 1.54) is 89.2 Å². The molecule has 2 aliphatic heterocycles. The molecule has 0 amide bonds. The molecule has 0 N–H and O–H groups in total. The number of hydrogen-bond acceptors (Lipinski definition) is 2. The molecule has 139 valence electrons. The van der Waals surface area contributed by atoms with Gasteiger partial charge < -0.3 is 9.80 Å². The Morgan fingerprint density at radius 3 is 2.52 bits per heavy atom. The second-order valence-electron chi connectivity index (χ2n) is 6.77. The Kier molecular flexibility index (Phi) is 12.6. The van der Waals surface area contributed by atoms with Crippen LogP contribution in [-0.4, -0.2) is 86.9 Å². The molecule has 2 unspecified atom stereocenters. The van der Waals surface area contributed by atoms with Crippen LogP contribution < -0.4 is 0 Å². The quantitative estimate of drug-likeness (QED) is 0.366. The van der Waals surface area contributed by atoms with E-state index in [1.54, 1.807) is 0 Å². The third-order valence-electron chi connectivity index (χ3n) is 5.07. The van der Waals surface area contributed by atoms with Crippen LogP contribution in [0.4, 0.5) is 0 Å². The van der Waals surface area contributed by atoms with Crippen LogP contribution in [0.25, 0.3) is 5.32 Å². The first kappa shape index (κ1) is 22.0. The number of nitrogens with zero attached hydrogens (tertiary/aromatic N) is 4. The summed E-state index contributed by atoms with van der Waals surface area (Å²) in [5.74, 6) is 0. The van der Waals surface area contributed by atoms with E-state index in [0.29, 0.717) is 0 Å². The summed E-state index contributed by atoms with van der Waals surface area (Å²) >= 11 is 0.00694. The molecule has 0 saturated carbocycles. The Bertz CT molecular complexity index is 299. The van der Waals surface area contributed by atoms with Gasteiger partial charge in [-0.3, -0.25) is 9.80 Å². The van der Waals surface area contributed by atoms with Crippen LogP contribution in [0.3, 0.4) is 0 Å². The summed E-state index contributed by atoms with van der Waals surface area (Å²) in [6, 6.07) is 0. The molecule has 0 aromatic carbocycles. The first-order chi connectivity index (χ1) is 11.2. The van der Waals surface area contributed by atoms with E-state index >= 15 is 0 Å². The van der Waals surface area contributed by atoms with Gasteiger partial charge in [-0.2, -0.15) is 7.05 Å². The van der Waals surface area contributed by atoms with Gasteiger partial charge >= 0.3 is 33.3 Å². The Morgan fingerprint density at radius 2 is 1.83 bits per heavy atom. The van der Waals surface area contributed by atoms with Gasteiger partial charge in [-0.1, -0.05) is 13.3 Å². The van der Waals surface area contributed by atoms with Gasteiger partial charge in [0.1, 0.15) is 6.67 Å². The molecule has 2 bridgehead atoms. The van der Waals surface area contributed by atoms with Crippen molar-refractivity contribution in [3.63, 3.8) is 0 Å². The molecule has 2 saturated heterocycles. The van der Waals surface area contributed by atoms with Crippen molar-refractivity contribution in [1.82, 2.24) is 9.80 Å². The van der Waals surface area contributed by atoms with Gasteiger partial charge in [0.15, 0.2) is 0 Å². The van der Waals surface area contributed by atoms with E-state index in [4.69, 9.17) is 20.2 Å². The number of hydrogen-bond donors (Lipinski definition) is 0. The average Bonchev–Trinajstić information content (AvgIpc) is 2.97. The second kappa shape index (κ2) is 13.2. The normalized spacial score (nSPS) is 28.4. The van der Waals surface area contributed by atoms with Gasteiger partial charge in [-0.25, -0.2) is 0 Å². The summed E-state index contributed by atoms with van der Waals surface area (Å²) in [5.41, 5.74) is 0. The predicted molar refractivity (Wildman–Crippen MR) is 97.7 cm³/mol. The molecule has 4 nitrogen and oxygen atoms in total. The molecule has 0 aromatic rings. The van der Waals surface area contributed by atoms with Gasteiger partial charge in [0.05, 0.1) is 26.2 Å². The van der Waals surface area contributed by atoms with Crippen molar-refractivity contribution in [2.24, 2.45) is 0 Å². The zero-order chi connectivity index (χ0) is 17.0. The number of halogens is 2.